The maximum absolute atomic E-state index is 14.0. The minimum absolute atomic E-state index is 0.102. The molecular weight excluding hydrogens is 368 g/mol. The fourth-order valence-corrected chi connectivity index (χ4v) is 4.15. The molecule has 10 heteroatoms. The number of anilines is 3. The fraction of sp³-hybridized carbons (Fsp3) is 0.556. The number of nitrogens with zero attached hydrogens (tertiary/aromatic N) is 6. The van der Waals surface area contributed by atoms with Crippen molar-refractivity contribution in [2.24, 2.45) is 0 Å². The number of ether oxygens (including phenoxy) is 1. The van der Waals surface area contributed by atoms with Gasteiger partial charge in [-0.25, -0.2) is 23.7 Å². The van der Waals surface area contributed by atoms with Crippen molar-refractivity contribution in [3.05, 3.63) is 18.5 Å². The summed E-state index contributed by atoms with van der Waals surface area (Å²) >= 11 is 0. The molecule has 8 nitrogen and oxygen atoms in total. The number of hydrogen-bond donors (Lipinski definition) is 1. The number of halogens is 2. The molecule has 2 N–H and O–H groups in total. The molecule has 3 aliphatic rings. The number of nitrogens with two attached hydrogens (primary N) is 1. The van der Waals surface area contributed by atoms with E-state index in [0.29, 0.717) is 36.8 Å². The number of piperidine rings is 1. The zero-order valence-corrected chi connectivity index (χ0v) is 15.3. The Morgan fingerprint density at radius 1 is 1.21 bits per heavy atom. The first kappa shape index (κ1) is 17.5. The average molecular weight is 389 g/mol. The zero-order valence-electron chi connectivity index (χ0n) is 15.3. The van der Waals surface area contributed by atoms with E-state index in [2.05, 4.69) is 24.8 Å². The Labute approximate surface area is 160 Å². The maximum Gasteiger partial charge on any atom is 0.265 e. The molecule has 2 unspecified atom stereocenters. The van der Waals surface area contributed by atoms with Gasteiger partial charge in [0.05, 0.1) is 31.0 Å². The average Bonchev–Trinajstić information content (AvgIpc) is 3.31. The highest BCUT2D eigenvalue weighted by Gasteiger charge is 2.41. The molecule has 28 heavy (non-hydrogen) atoms. The van der Waals surface area contributed by atoms with Crippen molar-refractivity contribution >= 4 is 17.7 Å². The Morgan fingerprint density at radius 2 is 2.04 bits per heavy atom. The zero-order chi connectivity index (χ0) is 19.3. The standard InChI is InChI=1S/C18H21F2N7O/c19-18(20)2-1-3-26(10-18)17-24-14(11-6-22-16(21)23-7-11)5-15(25-17)27-8-13-4-12(27)9-28-13/h5-7,12-13H,1-4,8-10H2,(H2,21,22,23). The van der Waals surface area contributed by atoms with Crippen molar-refractivity contribution in [3.63, 3.8) is 0 Å². The Kier molecular flexibility index (Phi) is 4.04. The van der Waals surface area contributed by atoms with Gasteiger partial charge in [0.15, 0.2) is 0 Å². The molecule has 2 bridgehead atoms. The summed E-state index contributed by atoms with van der Waals surface area (Å²) < 4.78 is 33.6. The molecule has 2 aromatic heterocycles. The van der Waals surface area contributed by atoms with Gasteiger partial charge in [-0.05, 0) is 12.8 Å². The fourth-order valence-electron chi connectivity index (χ4n) is 4.15. The van der Waals surface area contributed by atoms with Crippen molar-refractivity contribution < 1.29 is 13.5 Å². The van der Waals surface area contributed by atoms with Gasteiger partial charge >= 0.3 is 0 Å². The van der Waals surface area contributed by atoms with Crippen LogP contribution < -0.4 is 15.5 Å². The van der Waals surface area contributed by atoms with E-state index in [-0.39, 0.29) is 31.1 Å². The van der Waals surface area contributed by atoms with Gasteiger partial charge in [0.1, 0.15) is 5.82 Å². The van der Waals surface area contributed by atoms with Crippen LogP contribution in [0.25, 0.3) is 11.3 Å². The highest BCUT2D eigenvalue weighted by atomic mass is 19.3. The second-order valence-electron chi connectivity index (χ2n) is 7.62. The first-order valence-electron chi connectivity index (χ1n) is 9.45. The highest BCUT2D eigenvalue weighted by molar-refractivity contribution is 5.64. The molecule has 148 valence electrons. The normalized spacial score (nSPS) is 26.1. The van der Waals surface area contributed by atoms with Crippen LogP contribution in [0.1, 0.15) is 19.3 Å². The number of hydrogen-bond acceptors (Lipinski definition) is 8. The van der Waals surface area contributed by atoms with Crippen molar-refractivity contribution in [2.75, 3.05) is 41.8 Å². The second kappa shape index (κ2) is 6.47. The van der Waals surface area contributed by atoms with Gasteiger partial charge in [-0.2, -0.15) is 4.98 Å². The van der Waals surface area contributed by atoms with Crippen LogP contribution in [0.4, 0.5) is 26.5 Å². The Balaban J connectivity index is 1.55. The molecule has 0 aromatic carbocycles. The van der Waals surface area contributed by atoms with E-state index >= 15 is 0 Å². The minimum Gasteiger partial charge on any atom is -0.374 e. The molecule has 3 saturated heterocycles. The summed E-state index contributed by atoms with van der Waals surface area (Å²) in [4.78, 5) is 21.0. The van der Waals surface area contributed by atoms with Crippen LogP contribution in [-0.4, -0.2) is 64.2 Å². The quantitative estimate of drug-likeness (QED) is 0.848. The largest absolute Gasteiger partial charge is 0.374 e. The second-order valence-corrected chi connectivity index (χ2v) is 7.62. The summed E-state index contributed by atoms with van der Waals surface area (Å²) in [5.41, 5.74) is 6.85. The monoisotopic (exact) mass is 389 g/mol. The lowest BCUT2D eigenvalue weighted by Gasteiger charge is -2.34. The van der Waals surface area contributed by atoms with Crippen LogP contribution >= 0.6 is 0 Å². The predicted octanol–water partition coefficient (Wildman–Crippen LogP) is 1.73. The van der Waals surface area contributed by atoms with Gasteiger partial charge in [0.2, 0.25) is 11.9 Å². The lowest BCUT2D eigenvalue weighted by Crippen LogP contribution is -2.44. The lowest BCUT2D eigenvalue weighted by molar-refractivity contribution is -0.0120. The molecule has 0 amide bonds. The molecule has 0 radical (unpaired) electrons. The van der Waals surface area contributed by atoms with E-state index in [9.17, 15) is 8.78 Å². The van der Waals surface area contributed by atoms with Crippen LogP contribution in [0.2, 0.25) is 0 Å². The molecule has 5 heterocycles. The molecule has 5 rings (SSSR count). The first-order chi connectivity index (χ1) is 13.5. The third kappa shape index (κ3) is 3.21. The summed E-state index contributed by atoms with van der Waals surface area (Å²) in [6, 6.07) is 2.12. The summed E-state index contributed by atoms with van der Waals surface area (Å²) in [6.45, 7) is 1.54. The smallest absolute Gasteiger partial charge is 0.265 e. The van der Waals surface area contributed by atoms with Gasteiger partial charge in [0.25, 0.3) is 5.92 Å². The highest BCUT2D eigenvalue weighted by Crippen LogP contribution is 2.35. The Morgan fingerprint density at radius 3 is 2.71 bits per heavy atom. The van der Waals surface area contributed by atoms with Gasteiger partial charge in [0, 0.05) is 43.5 Å². The SMILES string of the molecule is Nc1ncc(-c2cc(N3CC4CC3CO4)nc(N3CCCC(F)(F)C3)n2)cn1. The minimum atomic E-state index is -2.73. The maximum atomic E-state index is 14.0. The van der Waals surface area contributed by atoms with E-state index in [1.54, 1.807) is 17.3 Å². The molecule has 0 aliphatic carbocycles. The van der Waals surface area contributed by atoms with Crippen LogP contribution in [-0.2, 0) is 4.74 Å². The molecule has 0 saturated carbocycles. The van der Waals surface area contributed by atoms with E-state index in [4.69, 9.17) is 10.5 Å². The summed E-state index contributed by atoms with van der Waals surface area (Å²) in [5, 5.41) is 0. The van der Waals surface area contributed by atoms with E-state index < -0.39 is 5.92 Å². The topological polar surface area (TPSA) is 93.3 Å². The van der Waals surface area contributed by atoms with Crippen LogP contribution in [0.15, 0.2) is 18.5 Å². The molecule has 2 atom stereocenters. The Bertz CT molecular complexity index is 879. The number of nitrogen functional groups attached to an aromatic ring is 1. The number of alkyl halides is 2. The third-order valence-corrected chi connectivity index (χ3v) is 5.54. The lowest BCUT2D eigenvalue weighted by atomic mass is 10.1. The Hall–Kier alpha value is -2.62. The van der Waals surface area contributed by atoms with Crippen LogP contribution in [0.3, 0.4) is 0 Å². The van der Waals surface area contributed by atoms with Crippen LogP contribution in [0, 0.1) is 0 Å². The summed E-state index contributed by atoms with van der Waals surface area (Å²) in [6.07, 6.45) is 4.63. The first-order valence-corrected chi connectivity index (χ1v) is 9.45. The molecular formula is C18H21F2N7O. The van der Waals surface area contributed by atoms with Gasteiger partial charge in [-0.3, -0.25) is 0 Å². The van der Waals surface area contributed by atoms with Crippen molar-refractivity contribution in [2.45, 2.75) is 37.3 Å². The molecule has 2 aromatic rings. The summed E-state index contributed by atoms with van der Waals surface area (Å²) in [7, 11) is 0. The van der Waals surface area contributed by atoms with E-state index in [0.717, 1.165) is 18.8 Å². The number of aromatic nitrogens is 4. The third-order valence-electron chi connectivity index (χ3n) is 5.54. The number of rotatable bonds is 3. The van der Waals surface area contributed by atoms with Gasteiger partial charge in [-0.1, -0.05) is 0 Å². The predicted molar refractivity (Wildman–Crippen MR) is 99.4 cm³/mol. The van der Waals surface area contributed by atoms with Crippen LogP contribution in [0.5, 0.6) is 0 Å². The molecule has 0 spiro atoms. The van der Waals surface area contributed by atoms with Gasteiger partial charge in [-0.15, -0.1) is 0 Å². The number of fused-ring (bicyclic) bond motifs is 2. The number of morpholine rings is 1. The summed E-state index contributed by atoms with van der Waals surface area (Å²) in [5.74, 6) is -1.53. The van der Waals surface area contributed by atoms with Crippen molar-refractivity contribution in [1.29, 1.82) is 0 Å². The molecule has 3 aliphatic heterocycles. The van der Waals surface area contributed by atoms with Gasteiger partial charge < -0.3 is 20.3 Å². The van der Waals surface area contributed by atoms with E-state index in [1.165, 1.54) is 0 Å². The van der Waals surface area contributed by atoms with Crippen molar-refractivity contribution in [3.8, 4) is 11.3 Å². The molecule has 3 fully saturated rings. The van der Waals surface area contributed by atoms with E-state index in [1.807, 2.05) is 6.07 Å². The van der Waals surface area contributed by atoms with Crippen molar-refractivity contribution in [1.82, 2.24) is 19.9 Å².